The summed E-state index contributed by atoms with van der Waals surface area (Å²) >= 11 is 0. The molecule has 2 aliphatic rings. The average molecular weight is 489 g/mol. The first-order chi connectivity index (χ1) is 18.2. The average Bonchev–Trinajstić information content (AvgIpc) is 3.13. The third-order valence-electron chi connectivity index (χ3n) is 8.52. The molecule has 0 N–H and O–H groups in total. The van der Waals surface area contributed by atoms with Crippen LogP contribution in [0.2, 0.25) is 0 Å². The highest BCUT2D eigenvalue weighted by Gasteiger charge is 2.42. The van der Waals surface area contributed by atoms with Gasteiger partial charge in [-0.15, -0.1) is 0 Å². The molecule has 2 radical (unpaired) electrons. The highest BCUT2D eigenvalue weighted by atomic mass is 15.2. The van der Waals surface area contributed by atoms with Gasteiger partial charge in [0, 0.05) is 16.5 Å². The van der Waals surface area contributed by atoms with Crippen molar-refractivity contribution in [2.45, 2.75) is 38.5 Å². The Morgan fingerprint density at radius 3 is 2.05 bits per heavy atom. The predicted molar refractivity (Wildman–Crippen MR) is 164 cm³/mol. The van der Waals surface area contributed by atoms with Crippen LogP contribution in [-0.2, 0) is 10.8 Å². The van der Waals surface area contributed by atoms with Crippen molar-refractivity contribution in [2.75, 3.05) is 4.90 Å². The van der Waals surface area contributed by atoms with Crippen molar-refractivity contribution >= 4 is 24.7 Å². The summed E-state index contributed by atoms with van der Waals surface area (Å²) < 4.78 is 0. The molecule has 0 spiro atoms. The number of anilines is 2. The molecule has 1 nitrogen and oxygen atoms in total. The maximum atomic E-state index is 5.95. The van der Waals surface area contributed by atoms with E-state index in [1.165, 1.54) is 55.9 Å². The van der Waals surface area contributed by atoms with Gasteiger partial charge in [0.25, 0.3) is 0 Å². The molecule has 2 heteroatoms. The summed E-state index contributed by atoms with van der Waals surface area (Å²) in [5, 5.41) is 0. The van der Waals surface area contributed by atoms with Gasteiger partial charge in [0.2, 0.25) is 0 Å². The van der Waals surface area contributed by atoms with Crippen molar-refractivity contribution in [1.82, 2.24) is 0 Å². The second kappa shape index (κ2) is 8.50. The Morgan fingerprint density at radius 1 is 0.684 bits per heavy atom. The van der Waals surface area contributed by atoms with Gasteiger partial charge < -0.3 is 4.90 Å². The lowest BCUT2D eigenvalue weighted by Crippen LogP contribution is -2.32. The number of fused-ring (bicyclic) bond motifs is 5. The molecule has 4 aromatic rings. The van der Waals surface area contributed by atoms with E-state index in [9.17, 15) is 0 Å². The third-order valence-corrected chi connectivity index (χ3v) is 8.52. The van der Waals surface area contributed by atoms with Gasteiger partial charge >= 0.3 is 0 Å². The van der Waals surface area contributed by atoms with Gasteiger partial charge in [0.1, 0.15) is 7.85 Å². The maximum absolute atomic E-state index is 5.95. The second-order valence-corrected chi connectivity index (χ2v) is 11.4. The van der Waals surface area contributed by atoms with Crippen molar-refractivity contribution in [1.29, 1.82) is 0 Å². The predicted octanol–water partition coefficient (Wildman–Crippen LogP) is 8.49. The zero-order chi connectivity index (χ0) is 26.8. The molecule has 0 unspecified atom stereocenters. The highest BCUT2D eigenvalue weighted by molar-refractivity contribution is 6.32. The van der Waals surface area contributed by atoms with Gasteiger partial charge in [0.15, 0.2) is 0 Å². The standard InChI is InChI=1S/C36H32BN/c1-7-11-26(8-2)38-33-13-10-9-12-29(33)35(3,4)32-21-28-27-19-16-24(23-14-17-25(37)18-15-23)20-30(27)36(5,6)31(28)22-34(32)38/h7-22H,1-2H2,3-6H3/b26-11+. The lowest BCUT2D eigenvalue weighted by Gasteiger charge is -2.43. The topological polar surface area (TPSA) is 3.24 Å². The van der Waals surface area contributed by atoms with E-state index in [-0.39, 0.29) is 10.8 Å². The van der Waals surface area contributed by atoms with E-state index >= 15 is 0 Å². The zero-order valence-corrected chi connectivity index (χ0v) is 22.7. The molecule has 4 aromatic carbocycles. The lowest BCUT2D eigenvalue weighted by molar-refractivity contribution is 0.626. The molecule has 1 aliphatic heterocycles. The van der Waals surface area contributed by atoms with E-state index < -0.39 is 0 Å². The van der Waals surface area contributed by atoms with E-state index in [1.54, 1.807) is 0 Å². The Morgan fingerprint density at radius 2 is 1.34 bits per heavy atom. The summed E-state index contributed by atoms with van der Waals surface area (Å²) in [4.78, 5) is 2.35. The monoisotopic (exact) mass is 489 g/mol. The molecule has 0 aromatic heterocycles. The largest absolute Gasteiger partial charge is 0.310 e. The van der Waals surface area contributed by atoms with Gasteiger partial charge in [-0.3, -0.25) is 0 Å². The number of hydrogen-bond donors (Lipinski definition) is 0. The second-order valence-electron chi connectivity index (χ2n) is 11.4. The minimum absolute atomic E-state index is 0.146. The van der Waals surface area contributed by atoms with E-state index in [1.807, 2.05) is 30.4 Å². The fourth-order valence-electron chi connectivity index (χ4n) is 6.41. The van der Waals surface area contributed by atoms with Crippen LogP contribution in [0, 0.1) is 0 Å². The molecule has 38 heavy (non-hydrogen) atoms. The molecular formula is C36H32BN. The summed E-state index contributed by atoms with van der Waals surface area (Å²) in [6.45, 7) is 17.5. The van der Waals surface area contributed by atoms with Crippen molar-refractivity contribution in [3.05, 3.63) is 138 Å². The fourth-order valence-corrected chi connectivity index (χ4v) is 6.41. The first-order valence-electron chi connectivity index (χ1n) is 13.2. The van der Waals surface area contributed by atoms with Gasteiger partial charge in [-0.2, -0.15) is 0 Å². The van der Waals surface area contributed by atoms with E-state index in [4.69, 9.17) is 7.85 Å². The summed E-state index contributed by atoms with van der Waals surface area (Å²) in [5.74, 6) is 0. The van der Waals surface area contributed by atoms with Crippen LogP contribution in [0.4, 0.5) is 11.4 Å². The highest BCUT2D eigenvalue weighted by Crippen LogP contribution is 2.57. The first-order valence-corrected chi connectivity index (χ1v) is 13.2. The fraction of sp³-hybridized carbons (Fsp3) is 0.167. The normalized spacial score (nSPS) is 16.2. The molecule has 0 bridgehead atoms. The Bertz CT molecular complexity index is 1650. The smallest absolute Gasteiger partial charge is 0.113 e. The maximum Gasteiger partial charge on any atom is 0.113 e. The van der Waals surface area contributed by atoms with Crippen LogP contribution in [-0.4, -0.2) is 7.85 Å². The van der Waals surface area contributed by atoms with Gasteiger partial charge in [0.05, 0.1) is 11.4 Å². The Labute approximate surface area is 228 Å². The van der Waals surface area contributed by atoms with Crippen LogP contribution >= 0.6 is 0 Å². The molecule has 0 saturated carbocycles. The van der Waals surface area contributed by atoms with Crippen molar-refractivity contribution in [2.24, 2.45) is 0 Å². The van der Waals surface area contributed by atoms with Crippen molar-refractivity contribution in [3.8, 4) is 22.3 Å². The summed E-state index contributed by atoms with van der Waals surface area (Å²) in [6, 6.07) is 28.6. The molecule has 0 saturated heterocycles. The summed E-state index contributed by atoms with van der Waals surface area (Å²) in [5.41, 5.74) is 14.3. The Hall–Kier alpha value is -4.04. The number of para-hydroxylation sites is 1. The summed E-state index contributed by atoms with van der Waals surface area (Å²) in [6.07, 6.45) is 5.80. The molecule has 6 rings (SSSR count). The zero-order valence-electron chi connectivity index (χ0n) is 22.7. The molecule has 1 aliphatic carbocycles. The van der Waals surface area contributed by atoms with Crippen molar-refractivity contribution in [3.63, 3.8) is 0 Å². The number of nitrogens with zero attached hydrogens (tertiary/aromatic N) is 1. The molecule has 0 fully saturated rings. The number of allylic oxidation sites excluding steroid dienone is 3. The quantitative estimate of drug-likeness (QED) is 0.205. The van der Waals surface area contributed by atoms with Crippen LogP contribution < -0.4 is 10.4 Å². The van der Waals surface area contributed by atoms with E-state index in [2.05, 4.69) is 112 Å². The lowest BCUT2D eigenvalue weighted by atomic mass is 9.71. The number of benzene rings is 4. The van der Waals surface area contributed by atoms with Crippen LogP contribution in [0.15, 0.2) is 116 Å². The van der Waals surface area contributed by atoms with Crippen LogP contribution in [0.1, 0.15) is 49.9 Å². The molecule has 184 valence electrons. The van der Waals surface area contributed by atoms with Gasteiger partial charge in [-0.25, -0.2) is 0 Å². The Kier molecular flexibility index (Phi) is 5.44. The number of hydrogen-bond acceptors (Lipinski definition) is 1. The number of rotatable bonds is 4. The van der Waals surface area contributed by atoms with E-state index in [0.29, 0.717) is 0 Å². The van der Waals surface area contributed by atoms with Crippen LogP contribution in [0.25, 0.3) is 22.3 Å². The molecule has 1 heterocycles. The van der Waals surface area contributed by atoms with E-state index in [0.717, 1.165) is 11.2 Å². The van der Waals surface area contributed by atoms with Gasteiger partial charge in [-0.1, -0.05) is 107 Å². The third kappa shape index (κ3) is 3.40. The van der Waals surface area contributed by atoms with Gasteiger partial charge in [-0.05, 0) is 80.9 Å². The minimum Gasteiger partial charge on any atom is -0.310 e. The van der Waals surface area contributed by atoms with Crippen LogP contribution in [0.3, 0.4) is 0 Å². The Balaban J connectivity index is 1.60. The molecular weight excluding hydrogens is 457 g/mol. The van der Waals surface area contributed by atoms with Crippen LogP contribution in [0.5, 0.6) is 0 Å². The summed E-state index contributed by atoms with van der Waals surface area (Å²) in [7, 11) is 5.95. The SMILES string of the molecule is [B]c1ccc(-c2ccc3c(c2)C(C)(C)c2cc4c(cc2-3)C(C)(C)c2ccccc2N4/C(C=C)=C/C=C)cc1. The van der Waals surface area contributed by atoms with Crippen molar-refractivity contribution < 1.29 is 0 Å². The molecule has 0 amide bonds. The minimum atomic E-state index is -0.158. The molecule has 0 atom stereocenters. The first kappa shape index (κ1) is 24.3.